The zero-order chi connectivity index (χ0) is 21.4. The summed E-state index contributed by atoms with van der Waals surface area (Å²) in [5, 5.41) is 3.10. The second-order valence-corrected chi connectivity index (χ2v) is 9.45. The van der Waals surface area contributed by atoms with Gasteiger partial charge in [-0.3, -0.25) is 4.90 Å². The Labute approximate surface area is 184 Å². The Hall–Kier alpha value is -2.53. The molecule has 0 radical (unpaired) electrons. The minimum Gasteiger partial charge on any atom is -0.493 e. The fourth-order valence-corrected chi connectivity index (χ4v) is 5.14. The molecule has 1 N–H and O–H groups in total. The van der Waals surface area contributed by atoms with Gasteiger partial charge in [-0.05, 0) is 60.5 Å². The van der Waals surface area contributed by atoms with Gasteiger partial charge in [0.05, 0.1) is 12.6 Å². The molecule has 3 saturated heterocycles. The summed E-state index contributed by atoms with van der Waals surface area (Å²) < 4.78 is 11.8. The van der Waals surface area contributed by atoms with E-state index in [9.17, 15) is 4.79 Å². The Bertz CT molecular complexity index is 932. The fraction of sp³-hybridized carbons (Fsp3) is 0.500. The Balaban J connectivity index is 1.27. The van der Waals surface area contributed by atoms with Gasteiger partial charge in [-0.25, -0.2) is 4.79 Å². The molecule has 1 unspecified atom stereocenters. The average Bonchev–Trinajstić information content (AvgIpc) is 2.80. The Morgan fingerprint density at radius 1 is 1.06 bits per heavy atom. The average molecular weight is 421 g/mol. The smallest absolute Gasteiger partial charge is 0.407 e. The number of amides is 1. The number of benzene rings is 2. The lowest BCUT2D eigenvalue weighted by molar-refractivity contribution is -0.0342. The van der Waals surface area contributed by atoms with E-state index in [2.05, 4.69) is 66.5 Å². The summed E-state index contributed by atoms with van der Waals surface area (Å²) in [7, 11) is 0. The minimum atomic E-state index is -0.301. The Kier molecular flexibility index (Phi) is 5.61. The number of alkyl carbamates (subject to hydrolysis) is 1. The molecule has 0 saturated carbocycles. The molecule has 0 aliphatic carbocycles. The van der Waals surface area contributed by atoms with E-state index >= 15 is 0 Å². The molecule has 4 aliphatic rings. The molecule has 2 aromatic carbocycles. The van der Waals surface area contributed by atoms with Gasteiger partial charge in [0.2, 0.25) is 0 Å². The van der Waals surface area contributed by atoms with Crippen molar-refractivity contribution in [1.82, 2.24) is 10.2 Å². The molecule has 164 valence electrons. The molecule has 2 aromatic rings. The number of piperidine rings is 3. The van der Waals surface area contributed by atoms with E-state index in [1.807, 2.05) is 0 Å². The first-order valence-electron chi connectivity index (χ1n) is 11.6. The normalized spacial score (nSPS) is 26.8. The summed E-state index contributed by atoms with van der Waals surface area (Å²) in [4.78, 5) is 15.0. The summed E-state index contributed by atoms with van der Waals surface area (Å²) in [6.45, 7) is 8.16. The van der Waals surface area contributed by atoms with E-state index in [1.165, 1.54) is 11.1 Å². The van der Waals surface area contributed by atoms with Gasteiger partial charge in [-0.1, -0.05) is 50.2 Å². The molecule has 3 fully saturated rings. The van der Waals surface area contributed by atoms with E-state index in [0.29, 0.717) is 18.4 Å². The molecule has 0 spiro atoms. The van der Waals surface area contributed by atoms with Crippen molar-refractivity contribution < 1.29 is 14.3 Å². The van der Waals surface area contributed by atoms with Gasteiger partial charge in [0, 0.05) is 18.5 Å². The number of hydrogen-bond donors (Lipinski definition) is 1. The quantitative estimate of drug-likeness (QED) is 0.746. The maximum Gasteiger partial charge on any atom is 0.407 e. The third-order valence-corrected chi connectivity index (χ3v) is 7.11. The number of nitrogens with one attached hydrogen (secondary N) is 1. The molecule has 4 heterocycles. The van der Waals surface area contributed by atoms with Crippen molar-refractivity contribution in [3.63, 3.8) is 0 Å². The summed E-state index contributed by atoms with van der Waals surface area (Å²) >= 11 is 0. The number of ether oxygens (including phenoxy) is 2. The van der Waals surface area contributed by atoms with Crippen molar-refractivity contribution in [3.05, 3.63) is 53.6 Å². The van der Waals surface area contributed by atoms with Crippen LogP contribution in [0, 0.1) is 5.92 Å². The van der Waals surface area contributed by atoms with Crippen molar-refractivity contribution >= 4 is 6.09 Å². The van der Waals surface area contributed by atoms with Crippen molar-refractivity contribution in [1.29, 1.82) is 0 Å². The number of carbonyl (C=O) groups excluding carboxylic acids is 1. The predicted molar refractivity (Wildman–Crippen MR) is 121 cm³/mol. The zero-order valence-electron chi connectivity index (χ0n) is 18.5. The number of carbonyl (C=O) groups is 1. The highest BCUT2D eigenvalue weighted by molar-refractivity contribution is 5.70. The van der Waals surface area contributed by atoms with Gasteiger partial charge in [0.15, 0.2) is 0 Å². The van der Waals surface area contributed by atoms with Crippen molar-refractivity contribution in [2.24, 2.45) is 5.92 Å². The Morgan fingerprint density at radius 2 is 1.81 bits per heavy atom. The van der Waals surface area contributed by atoms with E-state index < -0.39 is 0 Å². The highest BCUT2D eigenvalue weighted by Gasteiger charge is 2.37. The second kappa shape index (κ2) is 8.54. The first-order valence-corrected chi connectivity index (χ1v) is 11.6. The van der Waals surface area contributed by atoms with Gasteiger partial charge in [-0.2, -0.15) is 0 Å². The molecule has 2 atom stereocenters. The molecule has 5 heteroatoms. The first-order chi connectivity index (χ1) is 15.1. The lowest BCUT2D eigenvalue weighted by atomic mass is 9.86. The molecule has 2 bridgehead atoms. The molecular weight excluding hydrogens is 388 g/mol. The number of fused-ring (bicyclic) bond motifs is 4. The molecule has 4 aliphatic heterocycles. The van der Waals surface area contributed by atoms with E-state index in [-0.39, 0.29) is 18.2 Å². The topological polar surface area (TPSA) is 50.8 Å². The second-order valence-electron chi connectivity index (χ2n) is 9.45. The van der Waals surface area contributed by atoms with E-state index in [4.69, 9.17) is 9.47 Å². The van der Waals surface area contributed by atoms with Crippen LogP contribution in [-0.4, -0.2) is 43.3 Å². The Morgan fingerprint density at radius 3 is 2.48 bits per heavy atom. The fourth-order valence-electron chi connectivity index (χ4n) is 5.14. The van der Waals surface area contributed by atoms with Crippen molar-refractivity contribution in [2.75, 3.05) is 26.2 Å². The van der Waals surface area contributed by atoms with Gasteiger partial charge in [0.25, 0.3) is 0 Å². The minimum absolute atomic E-state index is 0.0259. The number of nitrogens with zero attached hydrogens (tertiary/aromatic N) is 1. The maximum absolute atomic E-state index is 12.6. The van der Waals surface area contributed by atoms with Crippen LogP contribution in [0.15, 0.2) is 42.5 Å². The lowest BCUT2D eigenvalue weighted by Gasteiger charge is -2.44. The monoisotopic (exact) mass is 420 g/mol. The summed E-state index contributed by atoms with van der Waals surface area (Å²) in [6.07, 6.45) is 2.76. The zero-order valence-corrected chi connectivity index (χ0v) is 18.5. The molecule has 0 aromatic heterocycles. The van der Waals surface area contributed by atoms with E-state index in [0.717, 1.165) is 55.8 Å². The molecule has 1 amide bonds. The van der Waals surface area contributed by atoms with Crippen LogP contribution in [-0.2, 0) is 4.74 Å². The van der Waals surface area contributed by atoms with Gasteiger partial charge in [-0.15, -0.1) is 0 Å². The van der Waals surface area contributed by atoms with Crippen LogP contribution >= 0.6 is 0 Å². The third-order valence-electron chi connectivity index (χ3n) is 7.11. The highest BCUT2D eigenvalue weighted by Crippen LogP contribution is 2.36. The first kappa shape index (κ1) is 20.4. The summed E-state index contributed by atoms with van der Waals surface area (Å²) in [5.74, 6) is 1.89. The molecule has 5 nitrogen and oxygen atoms in total. The van der Waals surface area contributed by atoms with Crippen LogP contribution in [0.1, 0.15) is 56.2 Å². The molecule has 31 heavy (non-hydrogen) atoms. The SMILES string of the molecule is CC(C)c1ccc(-c2ccc3c(c2)OCCC3NC(=O)O[C@@H]2CN3CCC2CC3)cc1. The third kappa shape index (κ3) is 4.29. The van der Waals surface area contributed by atoms with Crippen LogP contribution in [0.25, 0.3) is 11.1 Å². The van der Waals surface area contributed by atoms with Gasteiger partial charge < -0.3 is 14.8 Å². The van der Waals surface area contributed by atoms with E-state index in [1.54, 1.807) is 0 Å². The van der Waals surface area contributed by atoms with Crippen LogP contribution in [0.2, 0.25) is 0 Å². The maximum atomic E-state index is 12.6. The number of hydrogen-bond acceptors (Lipinski definition) is 4. The summed E-state index contributed by atoms with van der Waals surface area (Å²) in [5.41, 5.74) is 4.67. The van der Waals surface area contributed by atoms with Crippen molar-refractivity contribution in [2.45, 2.75) is 51.2 Å². The molecular formula is C26H32N2O3. The largest absolute Gasteiger partial charge is 0.493 e. The van der Waals surface area contributed by atoms with Gasteiger partial charge >= 0.3 is 6.09 Å². The predicted octanol–water partition coefficient (Wildman–Crippen LogP) is 5.12. The van der Waals surface area contributed by atoms with Crippen LogP contribution < -0.4 is 10.1 Å². The van der Waals surface area contributed by atoms with Crippen LogP contribution in [0.3, 0.4) is 0 Å². The summed E-state index contributed by atoms with van der Waals surface area (Å²) in [6, 6.07) is 14.9. The lowest BCUT2D eigenvalue weighted by Crippen LogP contribution is -2.52. The standard InChI is InChI=1S/C26H32N2O3/c1-17(2)18-3-5-19(6-4-18)21-7-8-22-23(11-14-30-24(22)15-21)27-26(29)31-25-16-28-12-9-20(25)10-13-28/h3-8,15,17,20,23,25H,9-14,16H2,1-2H3,(H,27,29)/t23?,25-/m1/s1. The highest BCUT2D eigenvalue weighted by atomic mass is 16.6. The number of rotatable bonds is 4. The van der Waals surface area contributed by atoms with Crippen molar-refractivity contribution in [3.8, 4) is 16.9 Å². The van der Waals surface area contributed by atoms with Crippen LogP contribution in [0.4, 0.5) is 4.79 Å². The molecule has 6 rings (SSSR count). The van der Waals surface area contributed by atoms with Gasteiger partial charge in [0.1, 0.15) is 11.9 Å². The van der Waals surface area contributed by atoms with Crippen LogP contribution in [0.5, 0.6) is 5.75 Å².